The van der Waals surface area contributed by atoms with Gasteiger partial charge in [-0.3, -0.25) is 0 Å². The fourth-order valence-electron chi connectivity index (χ4n) is 1.18. The van der Waals surface area contributed by atoms with Gasteiger partial charge in [-0.1, -0.05) is 6.07 Å². The van der Waals surface area contributed by atoms with Crippen LogP contribution in [-0.4, -0.2) is 10.1 Å². The highest BCUT2D eigenvalue weighted by molar-refractivity contribution is 5.73. The quantitative estimate of drug-likeness (QED) is 0.806. The third-order valence-electron chi connectivity index (χ3n) is 1.84. The standard InChI is InChI=1S/C9H7F2NO2/c10-8(11)9-12-6-2-1-5(4-13)3-7(6)14-9/h1-3,8,13H,4H2. The highest BCUT2D eigenvalue weighted by atomic mass is 19.3. The van der Waals surface area contributed by atoms with Gasteiger partial charge in [0.1, 0.15) is 5.52 Å². The van der Waals surface area contributed by atoms with Gasteiger partial charge in [0.15, 0.2) is 5.58 Å². The van der Waals surface area contributed by atoms with E-state index in [0.717, 1.165) is 0 Å². The first-order valence-electron chi connectivity index (χ1n) is 3.99. The molecule has 0 radical (unpaired) electrons. The fraction of sp³-hybridized carbons (Fsp3) is 0.222. The summed E-state index contributed by atoms with van der Waals surface area (Å²) in [5.41, 5.74) is 1.25. The van der Waals surface area contributed by atoms with Gasteiger partial charge in [0.05, 0.1) is 6.61 Å². The predicted molar refractivity (Wildman–Crippen MR) is 44.9 cm³/mol. The van der Waals surface area contributed by atoms with Crippen LogP contribution in [0.25, 0.3) is 11.1 Å². The van der Waals surface area contributed by atoms with Gasteiger partial charge in [-0.25, -0.2) is 4.98 Å². The Bertz CT molecular complexity index is 453. The summed E-state index contributed by atoms with van der Waals surface area (Å²) in [7, 11) is 0. The van der Waals surface area contributed by atoms with Crippen molar-refractivity contribution < 1.29 is 18.3 Å². The number of halogens is 2. The molecule has 0 aliphatic heterocycles. The molecule has 0 atom stereocenters. The summed E-state index contributed by atoms with van der Waals surface area (Å²) in [6, 6.07) is 4.64. The molecule has 1 aromatic heterocycles. The normalized spacial score (nSPS) is 11.4. The molecule has 1 heterocycles. The Labute approximate surface area is 78.0 Å². The lowest BCUT2D eigenvalue weighted by Crippen LogP contribution is -1.81. The average Bonchev–Trinajstić information content (AvgIpc) is 2.59. The number of aromatic nitrogens is 1. The summed E-state index contributed by atoms with van der Waals surface area (Å²) < 4.78 is 29.2. The van der Waals surface area contributed by atoms with Crippen molar-refractivity contribution in [3.63, 3.8) is 0 Å². The zero-order chi connectivity index (χ0) is 10.1. The lowest BCUT2D eigenvalue weighted by Gasteiger charge is -1.92. The molecule has 2 rings (SSSR count). The minimum absolute atomic E-state index is 0.152. The number of alkyl halides is 2. The number of fused-ring (bicyclic) bond motifs is 1. The van der Waals surface area contributed by atoms with Crippen LogP contribution in [0, 0.1) is 0 Å². The van der Waals surface area contributed by atoms with Gasteiger partial charge < -0.3 is 9.52 Å². The van der Waals surface area contributed by atoms with E-state index in [1.165, 1.54) is 12.1 Å². The maximum Gasteiger partial charge on any atom is 0.313 e. The maximum atomic E-state index is 12.2. The van der Waals surface area contributed by atoms with Crippen molar-refractivity contribution in [3.05, 3.63) is 29.7 Å². The van der Waals surface area contributed by atoms with Crippen molar-refractivity contribution in [2.75, 3.05) is 0 Å². The Kier molecular flexibility index (Phi) is 2.17. The molecule has 1 aromatic carbocycles. The number of aliphatic hydroxyl groups excluding tert-OH is 1. The monoisotopic (exact) mass is 199 g/mol. The number of hydrogen-bond donors (Lipinski definition) is 1. The van der Waals surface area contributed by atoms with E-state index in [4.69, 9.17) is 9.52 Å². The zero-order valence-electron chi connectivity index (χ0n) is 7.08. The lowest BCUT2D eigenvalue weighted by molar-refractivity contribution is 0.117. The molecule has 14 heavy (non-hydrogen) atoms. The van der Waals surface area contributed by atoms with E-state index in [-0.39, 0.29) is 12.2 Å². The van der Waals surface area contributed by atoms with Crippen LogP contribution in [0.15, 0.2) is 22.6 Å². The Balaban J connectivity index is 2.54. The van der Waals surface area contributed by atoms with Crippen molar-refractivity contribution in [3.8, 4) is 0 Å². The van der Waals surface area contributed by atoms with E-state index in [0.29, 0.717) is 11.1 Å². The highest BCUT2D eigenvalue weighted by Crippen LogP contribution is 2.23. The highest BCUT2D eigenvalue weighted by Gasteiger charge is 2.15. The van der Waals surface area contributed by atoms with Gasteiger partial charge in [-0.2, -0.15) is 8.78 Å². The van der Waals surface area contributed by atoms with E-state index in [1.807, 2.05) is 0 Å². The largest absolute Gasteiger partial charge is 0.435 e. The van der Waals surface area contributed by atoms with Crippen molar-refractivity contribution in [2.45, 2.75) is 13.0 Å². The summed E-state index contributed by atoms with van der Waals surface area (Å²) in [5, 5.41) is 8.80. The minimum atomic E-state index is -2.71. The van der Waals surface area contributed by atoms with Crippen LogP contribution in [0.4, 0.5) is 8.78 Å². The molecule has 0 fully saturated rings. The molecule has 0 unspecified atom stereocenters. The molecule has 0 amide bonds. The van der Waals surface area contributed by atoms with Crippen LogP contribution < -0.4 is 0 Å². The van der Waals surface area contributed by atoms with E-state index in [2.05, 4.69) is 4.98 Å². The number of aliphatic hydroxyl groups is 1. The molecular weight excluding hydrogens is 192 g/mol. The molecule has 0 aliphatic carbocycles. The first kappa shape index (κ1) is 9.08. The van der Waals surface area contributed by atoms with Crippen LogP contribution in [0.2, 0.25) is 0 Å². The Morgan fingerprint density at radius 3 is 2.86 bits per heavy atom. The smallest absolute Gasteiger partial charge is 0.313 e. The third-order valence-corrected chi connectivity index (χ3v) is 1.84. The summed E-state index contributed by atoms with van der Waals surface area (Å²) in [4.78, 5) is 3.59. The van der Waals surface area contributed by atoms with Crippen molar-refractivity contribution in [2.24, 2.45) is 0 Å². The van der Waals surface area contributed by atoms with Gasteiger partial charge in [0.25, 0.3) is 5.89 Å². The van der Waals surface area contributed by atoms with Crippen molar-refractivity contribution in [1.29, 1.82) is 0 Å². The summed E-state index contributed by atoms with van der Waals surface area (Å²) in [5.74, 6) is -0.588. The van der Waals surface area contributed by atoms with Gasteiger partial charge in [-0.05, 0) is 17.7 Å². The van der Waals surface area contributed by atoms with Crippen LogP contribution in [0.1, 0.15) is 17.9 Å². The third kappa shape index (κ3) is 1.46. The average molecular weight is 199 g/mol. The number of benzene rings is 1. The fourth-order valence-corrected chi connectivity index (χ4v) is 1.18. The lowest BCUT2D eigenvalue weighted by atomic mass is 10.2. The molecule has 0 spiro atoms. The second-order valence-electron chi connectivity index (χ2n) is 2.81. The van der Waals surface area contributed by atoms with E-state index < -0.39 is 12.3 Å². The Morgan fingerprint density at radius 2 is 2.21 bits per heavy atom. The van der Waals surface area contributed by atoms with Crippen molar-refractivity contribution >= 4 is 11.1 Å². The first-order chi connectivity index (χ1) is 6.70. The molecule has 0 bridgehead atoms. The number of nitrogens with zero attached hydrogens (tertiary/aromatic N) is 1. The van der Waals surface area contributed by atoms with Crippen LogP contribution in [-0.2, 0) is 6.61 Å². The summed E-state index contributed by atoms with van der Waals surface area (Å²) >= 11 is 0. The first-order valence-corrected chi connectivity index (χ1v) is 3.99. The molecule has 1 N–H and O–H groups in total. The molecular formula is C9H7F2NO2. The molecule has 2 aromatic rings. The molecule has 0 saturated heterocycles. The molecule has 0 aliphatic rings. The number of hydrogen-bond acceptors (Lipinski definition) is 3. The molecule has 5 heteroatoms. The van der Waals surface area contributed by atoms with Gasteiger partial charge in [0, 0.05) is 0 Å². The van der Waals surface area contributed by atoms with Crippen LogP contribution >= 0.6 is 0 Å². The SMILES string of the molecule is OCc1ccc2nc(C(F)F)oc2c1. The predicted octanol–water partition coefficient (Wildman–Crippen LogP) is 2.26. The van der Waals surface area contributed by atoms with Crippen molar-refractivity contribution in [1.82, 2.24) is 4.98 Å². The van der Waals surface area contributed by atoms with E-state index in [1.54, 1.807) is 6.07 Å². The maximum absolute atomic E-state index is 12.2. The zero-order valence-corrected chi connectivity index (χ0v) is 7.08. The van der Waals surface area contributed by atoms with Gasteiger partial charge in [-0.15, -0.1) is 0 Å². The van der Waals surface area contributed by atoms with Gasteiger partial charge >= 0.3 is 6.43 Å². The van der Waals surface area contributed by atoms with Gasteiger partial charge in [0.2, 0.25) is 0 Å². The summed E-state index contributed by atoms with van der Waals surface area (Å²) in [6.07, 6.45) is -2.71. The molecule has 74 valence electrons. The topological polar surface area (TPSA) is 46.3 Å². The van der Waals surface area contributed by atoms with E-state index >= 15 is 0 Å². The van der Waals surface area contributed by atoms with Crippen LogP contribution in [0.3, 0.4) is 0 Å². The second-order valence-corrected chi connectivity index (χ2v) is 2.81. The molecule has 0 saturated carbocycles. The minimum Gasteiger partial charge on any atom is -0.435 e. The number of oxazole rings is 1. The molecule has 3 nitrogen and oxygen atoms in total. The van der Waals surface area contributed by atoms with E-state index in [9.17, 15) is 8.78 Å². The number of rotatable bonds is 2. The Hall–Kier alpha value is -1.49. The second kappa shape index (κ2) is 3.34. The summed E-state index contributed by atoms with van der Waals surface area (Å²) in [6.45, 7) is -0.152. The Morgan fingerprint density at radius 1 is 1.43 bits per heavy atom. The van der Waals surface area contributed by atoms with Crippen LogP contribution in [0.5, 0.6) is 0 Å².